The quantitative estimate of drug-likeness (QED) is 0.370. The third-order valence-electron chi connectivity index (χ3n) is 3.71. The van der Waals surface area contributed by atoms with E-state index in [2.05, 4.69) is 36.4 Å². The standard InChI is InChI=1S/C10H17IO/c1-7-3-8(12)5-10(4-7)6-9(10,2)11/h7-8,12H,3-6H2,1-2H3/p+1/t7-,8+,9+,10-/m1/s1. The van der Waals surface area contributed by atoms with Crippen LogP contribution in [0.3, 0.4) is 0 Å². The van der Waals surface area contributed by atoms with Crippen molar-refractivity contribution in [3.8, 4) is 0 Å². The summed E-state index contributed by atoms with van der Waals surface area (Å²) in [6.45, 7) is 4.67. The van der Waals surface area contributed by atoms with Gasteiger partial charge in [-0.05, 0) is 31.1 Å². The maximum absolute atomic E-state index is 7.87. The molecule has 4 atom stereocenters. The summed E-state index contributed by atoms with van der Waals surface area (Å²) in [6.07, 6.45) is 5.26. The number of halogens is 1. The van der Waals surface area contributed by atoms with Crippen LogP contribution in [-0.2, 0) is 0 Å². The lowest BCUT2D eigenvalue weighted by Crippen LogP contribution is -2.29. The summed E-state index contributed by atoms with van der Waals surface area (Å²) in [6, 6.07) is 0. The smallest absolute Gasteiger partial charge is 0.154 e. The predicted octanol–water partition coefficient (Wildman–Crippen LogP) is 2.48. The van der Waals surface area contributed by atoms with E-state index in [4.69, 9.17) is 5.11 Å². The van der Waals surface area contributed by atoms with Gasteiger partial charge in [0.15, 0.2) is 6.10 Å². The first-order valence-electron chi connectivity index (χ1n) is 4.85. The molecule has 2 fully saturated rings. The lowest BCUT2D eigenvalue weighted by atomic mass is 9.77. The molecule has 0 aromatic carbocycles. The van der Waals surface area contributed by atoms with Gasteiger partial charge in [-0.25, -0.2) is 0 Å². The molecule has 2 saturated carbocycles. The summed E-state index contributed by atoms with van der Waals surface area (Å²) in [5.41, 5.74) is 0.567. The molecule has 2 N–H and O–H groups in total. The normalized spacial score (nSPS) is 59.0. The van der Waals surface area contributed by atoms with Crippen LogP contribution in [0, 0.1) is 11.3 Å². The first-order chi connectivity index (χ1) is 5.45. The van der Waals surface area contributed by atoms with Crippen molar-refractivity contribution in [1.82, 2.24) is 0 Å². The van der Waals surface area contributed by atoms with Crippen molar-refractivity contribution < 1.29 is 5.11 Å². The molecule has 0 aromatic heterocycles. The van der Waals surface area contributed by atoms with E-state index in [1.807, 2.05) is 0 Å². The first-order valence-corrected chi connectivity index (χ1v) is 5.93. The highest BCUT2D eigenvalue weighted by atomic mass is 127. The van der Waals surface area contributed by atoms with Crippen LogP contribution in [-0.4, -0.2) is 14.6 Å². The van der Waals surface area contributed by atoms with Gasteiger partial charge >= 0.3 is 0 Å². The van der Waals surface area contributed by atoms with Crippen molar-refractivity contribution in [2.75, 3.05) is 0 Å². The Morgan fingerprint density at radius 1 is 1.42 bits per heavy atom. The predicted molar refractivity (Wildman–Crippen MR) is 59.9 cm³/mol. The Balaban J connectivity index is 2.09. The van der Waals surface area contributed by atoms with Gasteiger partial charge < -0.3 is 5.11 Å². The van der Waals surface area contributed by atoms with Crippen LogP contribution in [0.1, 0.15) is 39.5 Å². The van der Waals surface area contributed by atoms with Gasteiger partial charge in [0.05, 0.1) is 0 Å². The summed E-state index contributed by atoms with van der Waals surface area (Å²) in [4.78, 5) is 0. The van der Waals surface area contributed by atoms with Gasteiger partial charge in [-0.1, -0.05) is 29.5 Å². The Hall–Kier alpha value is 0.690. The number of hydrogen-bond acceptors (Lipinski definition) is 0. The van der Waals surface area contributed by atoms with Crippen LogP contribution >= 0.6 is 22.6 Å². The molecular formula is C10H18IO+. The largest absolute Gasteiger partial charge is 0.443 e. The molecule has 2 rings (SSSR count). The second-order valence-corrected chi connectivity index (χ2v) is 7.48. The molecular weight excluding hydrogens is 263 g/mol. The zero-order valence-electron chi connectivity index (χ0n) is 7.86. The second kappa shape index (κ2) is 2.59. The van der Waals surface area contributed by atoms with E-state index < -0.39 is 0 Å². The molecule has 0 amide bonds. The zero-order chi connectivity index (χ0) is 8.98. The minimum absolute atomic E-state index is 0.227. The minimum Gasteiger partial charge on any atom is -0.443 e. The molecule has 0 unspecified atom stereocenters. The van der Waals surface area contributed by atoms with Crippen molar-refractivity contribution >= 4 is 22.6 Å². The van der Waals surface area contributed by atoms with E-state index in [1.54, 1.807) is 0 Å². The molecule has 2 aliphatic carbocycles. The van der Waals surface area contributed by atoms with Crippen LogP contribution < -0.4 is 0 Å². The topological polar surface area (TPSA) is 22.9 Å². The van der Waals surface area contributed by atoms with Crippen LogP contribution in [0.4, 0.5) is 0 Å². The lowest BCUT2D eigenvalue weighted by Gasteiger charge is -2.30. The van der Waals surface area contributed by atoms with E-state index in [0.29, 0.717) is 8.84 Å². The second-order valence-electron chi connectivity index (χ2n) is 5.10. The van der Waals surface area contributed by atoms with E-state index in [1.165, 1.54) is 12.8 Å². The van der Waals surface area contributed by atoms with Gasteiger partial charge in [0, 0.05) is 16.3 Å². The third-order valence-corrected chi connectivity index (χ3v) is 5.24. The van der Waals surface area contributed by atoms with Gasteiger partial charge in [0.2, 0.25) is 0 Å². The minimum atomic E-state index is 0.227. The fraction of sp³-hybridized carbons (Fsp3) is 1.00. The average Bonchev–Trinajstić information content (AvgIpc) is 2.27. The summed E-state index contributed by atoms with van der Waals surface area (Å²) in [5, 5.41) is 7.87. The van der Waals surface area contributed by atoms with Crippen molar-refractivity contribution in [3.05, 3.63) is 0 Å². The fourth-order valence-electron chi connectivity index (χ4n) is 3.04. The van der Waals surface area contributed by atoms with E-state index in [-0.39, 0.29) is 6.10 Å². The van der Waals surface area contributed by atoms with Crippen LogP contribution in [0.2, 0.25) is 0 Å². The van der Waals surface area contributed by atoms with Gasteiger partial charge in [-0.2, -0.15) is 0 Å². The lowest BCUT2D eigenvalue weighted by molar-refractivity contribution is 0.0638. The Labute approximate surface area is 88.1 Å². The number of alkyl halides is 1. The number of hydrogen-bond donors (Lipinski definition) is 0. The zero-order valence-corrected chi connectivity index (χ0v) is 10.0. The van der Waals surface area contributed by atoms with Crippen molar-refractivity contribution in [3.63, 3.8) is 0 Å². The molecule has 2 aliphatic rings. The summed E-state index contributed by atoms with van der Waals surface area (Å²) < 4.78 is 0.527. The fourth-order valence-corrected chi connectivity index (χ4v) is 4.21. The van der Waals surface area contributed by atoms with Crippen molar-refractivity contribution in [2.45, 2.75) is 49.1 Å². The van der Waals surface area contributed by atoms with Gasteiger partial charge in [0.25, 0.3) is 0 Å². The molecule has 1 spiro atoms. The Kier molecular flexibility index (Phi) is 2.00. The molecule has 0 aromatic rings. The number of rotatable bonds is 0. The average molecular weight is 281 g/mol. The Bertz CT molecular complexity index is 190. The van der Waals surface area contributed by atoms with Gasteiger partial charge in [-0.3, -0.25) is 0 Å². The highest BCUT2D eigenvalue weighted by molar-refractivity contribution is 14.1. The van der Waals surface area contributed by atoms with Crippen LogP contribution in [0.25, 0.3) is 0 Å². The summed E-state index contributed by atoms with van der Waals surface area (Å²) in [5.74, 6) is 0.790. The maximum atomic E-state index is 7.87. The SMILES string of the molecule is C[C@@H]1C[C@H]([OH2+])C[C@]2(C1)C[C@]2(C)I. The van der Waals surface area contributed by atoms with Crippen molar-refractivity contribution in [2.24, 2.45) is 11.3 Å². The van der Waals surface area contributed by atoms with Gasteiger partial charge in [-0.15, -0.1) is 0 Å². The molecule has 0 heterocycles. The molecule has 0 bridgehead atoms. The van der Waals surface area contributed by atoms with E-state index in [9.17, 15) is 0 Å². The molecule has 12 heavy (non-hydrogen) atoms. The molecule has 2 heteroatoms. The maximum Gasteiger partial charge on any atom is 0.154 e. The van der Waals surface area contributed by atoms with Gasteiger partial charge in [0.1, 0.15) is 0 Å². The van der Waals surface area contributed by atoms with Crippen LogP contribution in [0.5, 0.6) is 0 Å². The monoisotopic (exact) mass is 281 g/mol. The van der Waals surface area contributed by atoms with E-state index >= 15 is 0 Å². The molecule has 0 radical (unpaired) electrons. The summed E-state index contributed by atoms with van der Waals surface area (Å²) >= 11 is 2.60. The molecule has 0 aliphatic heterocycles. The first kappa shape index (κ1) is 9.25. The Morgan fingerprint density at radius 2 is 2.00 bits per heavy atom. The molecule has 70 valence electrons. The van der Waals surface area contributed by atoms with Crippen LogP contribution in [0.15, 0.2) is 0 Å². The van der Waals surface area contributed by atoms with E-state index in [0.717, 1.165) is 18.8 Å². The van der Waals surface area contributed by atoms with Crippen molar-refractivity contribution in [1.29, 1.82) is 0 Å². The summed E-state index contributed by atoms with van der Waals surface area (Å²) in [7, 11) is 0. The molecule has 1 nitrogen and oxygen atoms in total. The third kappa shape index (κ3) is 1.31. The Morgan fingerprint density at radius 3 is 2.42 bits per heavy atom. The highest BCUT2D eigenvalue weighted by Gasteiger charge is 2.65. The molecule has 0 saturated heterocycles. The highest BCUT2D eigenvalue weighted by Crippen LogP contribution is 2.69.